The molecule has 0 fully saturated rings. The molecule has 17 heavy (non-hydrogen) atoms. The van der Waals surface area contributed by atoms with Gasteiger partial charge in [-0.25, -0.2) is 4.79 Å². The molecule has 1 rings (SSSR count). The molecule has 0 aliphatic carbocycles. The van der Waals surface area contributed by atoms with Crippen molar-refractivity contribution in [3.63, 3.8) is 0 Å². The molecule has 4 nitrogen and oxygen atoms in total. The van der Waals surface area contributed by atoms with E-state index in [9.17, 15) is 4.79 Å². The monoisotopic (exact) mass is 237 g/mol. The van der Waals surface area contributed by atoms with Crippen LogP contribution in [0.25, 0.3) is 0 Å². The summed E-state index contributed by atoms with van der Waals surface area (Å²) in [5.41, 5.74) is 9.38. The van der Waals surface area contributed by atoms with Crippen LogP contribution in [0.1, 0.15) is 22.7 Å². The highest BCUT2D eigenvalue weighted by Gasteiger charge is 2.10. The Bertz CT molecular complexity index is 390. The van der Waals surface area contributed by atoms with Crippen molar-refractivity contribution in [2.75, 3.05) is 20.3 Å². The van der Waals surface area contributed by atoms with Gasteiger partial charge in [-0.1, -0.05) is 23.8 Å². The predicted octanol–water partition coefficient (Wildman–Crippen LogP) is 1.49. The van der Waals surface area contributed by atoms with Gasteiger partial charge in [0.05, 0.1) is 19.8 Å². The number of hydrogen-bond acceptors (Lipinski definition) is 4. The normalized spacial score (nSPS) is 12.2. The lowest BCUT2D eigenvalue weighted by atomic mass is 10.0. The van der Waals surface area contributed by atoms with E-state index in [1.807, 2.05) is 26.0 Å². The van der Waals surface area contributed by atoms with E-state index in [0.29, 0.717) is 6.61 Å². The summed E-state index contributed by atoms with van der Waals surface area (Å²) in [5.74, 6) is -0.391. The van der Waals surface area contributed by atoms with Gasteiger partial charge < -0.3 is 15.2 Å². The van der Waals surface area contributed by atoms with Crippen molar-refractivity contribution < 1.29 is 14.3 Å². The van der Waals surface area contributed by atoms with E-state index < -0.39 is 5.97 Å². The highest BCUT2D eigenvalue weighted by atomic mass is 16.6. The molecule has 4 heteroatoms. The van der Waals surface area contributed by atoms with E-state index in [-0.39, 0.29) is 12.6 Å². The van der Waals surface area contributed by atoms with Crippen molar-refractivity contribution in [2.24, 2.45) is 5.73 Å². The molecule has 0 saturated heterocycles. The number of carbonyl (C=O) groups is 1. The summed E-state index contributed by atoms with van der Waals surface area (Å²) in [5, 5.41) is 0. The van der Waals surface area contributed by atoms with Crippen LogP contribution in [-0.4, -0.2) is 26.3 Å². The van der Waals surface area contributed by atoms with E-state index in [0.717, 1.165) is 11.1 Å². The highest BCUT2D eigenvalue weighted by Crippen LogP contribution is 2.17. The fourth-order valence-electron chi connectivity index (χ4n) is 1.66. The van der Waals surface area contributed by atoms with Crippen LogP contribution in [0.4, 0.5) is 0 Å². The van der Waals surface area contributed by atoms with E-state index in [1.165, 1.54) is 12.7 Å². The Morgan fingerprint density at radius 3 is 2.71 bits per heavy atom. The number of rotatable bonds is 5. The van der Waals surface area contributed by atoms with Crippen LogP contribution in [-0.2, 0) is 14.3 Å². The average Bonchev–Trinajstić information content (AvgIpc) is 2.28. The molecule has 1 aromatic carbocycles. The van der Waals surface area contributed by atoms with Crippen LogP contribution in [0.5, 0.6) is 0 Å². The molecule has 0 bridgehead atoms. The summed E-state index contributed by atoms with van der Waals surface area (Å²) >= 11 is 0. The zero-order chi connectivity index (χ0) is 12.8. The molecule has 1 aromatic rings. The molecule has 0 amide bonds. The van der Waals surface area contributed by atoms with Crippen molar-refractivity contribution in [1.82, 2.24) is 0 Å². The largest absolute Gasteiger partial charge is 0.467 e. The van der Waals surface area contributed by atoms with Crippen LogP contribution < -0.4 is 5.73 Å². The molecule has 0 aliphatic rings. The zero-order valence-corrected chi connectivity index (χ0v) is 10.5. The molecule has 94 valence electrons. The second-order valence-electron chi connectivity index (χ2n) is 4.06. The number of aryl methyl sites for hydroxylation is 2. The SMILES string of the molecule is COC(=O)COCC(N)c1ccc(C)cc1C. The van der Waals surface area contributed by atoms with Crippen molar-refractivity contribution in [3.05, 3.63) is 34.9 Å². The molecular weight excluding hydrogens is 218 g/mol. The van der Waals surface area contributed by atoms with Gasteiger partial charge in [-0.3, -0.25) is 0 Å². The lowest BCUT2D eigenvalue weighted by molar-refractivity contribution is -0.146. The Morgan fingerprint density at radius 1 is 1.41 bits per heavy atom. The third kappa shape index (κ3) is 4.17. The smallest absolute Gasteiger partial charge is 0.331 e. The maximum atomic E-state index is 10.9. The van der Waals surface area contributed by atoms with Gasteiger partial charge in [0, 0.05) is 0 Å². The number of nitrogens with two attached hydrogens (primary N) is 1. The Hall–Kier alpha value is -1.39. The van der Waals surface area contributed by atoms with E-state index in [1.54, 1.807) is 0 Å². The van der Waals surface area contributed by atoms with E-state index in [2.05, 4.69) is 10.8 Å². The highest BCUT2D eigenvalue weighted by molar-refractivity contribution is 5.70. The third-order valence-electron chi connectivity index (χ3n) is 2.57. The van der Waals surface area contributed by atoms with Gasteiger partial charge in [-0.15, -0.1) is 0 Å². The first-order chi connectivity index (χ1) is 8.04. The molecule has 2 N–H and O–H groups in total. The predicted molar refractivity (Wildman–Crippen MR) is 65.7 cm³/mol. The molecule has 0 aromatic heterocycles. The maximum absolute atomic E-state index is 10.9. The Labute approximate surface area is 102 Å². The van der Waals surface area contributed by atoms with Crippen LogP contribution in [0.3, 0.4) is 0 Å². The second kappa shape index (κ2) is 6.37. The minimum atomic E-state index is -0.391. The number of benzene rings is 1. The van der Waals surface area contributed by atoms with Crippen LogP contribution in [0.2, 0.25) is 0 Å². The van der Waals surface area contributed by atoms with Crippen molar-refractivity contribution >= 4 is 5.97 Å². The summed E-state index contributed by atoms with van der Waals surface area (Å²) < 4.78 is 9.66. The van der Waals surface area contributed by atoms with Gasteiger partial charge in [-0.2, -0.15) is 0 Å². The number of ether oxygens (including phenoxy) is 2. The van der Waals surface area contributed by atoms with Gasteiger partial charge in [0.15, 0.2) is 0 Å². The first kappa shape index (κ1) is 13.7. The lowest BCUT2D eigenvalue weighted by Crippen LogP contribution is -2.21. The minimum absolute atomic E-state index is 0.0604. The molecule has 1 unspecified atom stereocenters. The van der Waals surface area contributed by atoms with Gasteiger partial charge in [0.2, 0.25) is 0 Å². The van der Waals surface area contributed by atoms with Gasteiger partial charge in [0.25, 0.3) is 0 Å². The Balaban J connectivity index is 2.52. The fourth-order valence-corrected chi connectivity index (χ4v) is 1.66. The van der Waals surface area contributed by atoms with Crippen LogP contribution >= 0.6 is 0 Å². The first-order valence-electron chi connectivity index (χ1n) is 5.52. The van der Waals surface area contributed by atoms with Crippen LogP contribution in [0, 0.1) is 13.8 Å². The summed E-state index contributed by atoms with van der Waals surface area (Å²) in [6, 6.07) is 5.87. The minimum Gasteiger partial charge on any atom is -0.467 e. The molecule has 0 saturated carbocycles. The fraction of sp³-hybridized carbons (Fsp3) is 0.462. The summed E-state index contributed by atoms with van der Waals surface area (Å²) in [4.78, 5) is 10.9. The number of hydrogen-bond donors (Lipinski definition) is 1. The van der Waals surface area contributed by atoms with Crippen molar-refractivity contribution in [3.8, 4) is 0 Å². The molecule has 1 atom stereocenters. The molecule has 0 radical (unpaired) electrons. The summed E-state index contributed by atoms with van der Waals surface area (Å²) in [6.45, 7) is 4.30. The second-order valence-corrected chi connectivity index (χ2v) is 4.06. The molecule has 0 heterocycles. The van der Waals surface area contributed by atoms with Gasteiger partial charge in [-0.05, 0) is 25.0 Å². The Kier molecular flexibility index (Phi) is 5.12. The number of esters is 1. The average molecular weight is 237 g/mol. The molecule has 0 aliphatic heterocycles. The van der Waals surface area contributed by atoms with E-state index >= 15 is 0 Å². The van der Waals surface area contributed by atoms with Gasteiger partial charge >= 0.3 is 5.97 Å². The first-order valence-corrected chi connectivity index (χ1v) is 5.52. The Morgan fingerprint density at radius 2 is 2.12 bits per heavy atom. The standard InChI is InChI=1S/C13H19NO3/c1-9-4-5-11(10(2)6-9)12(14)7-17-8-13(15)16-3/h4-6,12H,7-8,14H2,1-3H3. The number of methoxy groups -OCH3 is 1. The quantitative estimate of drug-likeness (QED) is 0.788. The molecule has 0 spiro atoms. The molecular formula is C13H19NO3. The number of carbonyl (C=O) groups excluding carboxylic acids is 1. The maximum Gasteiger partial charge on any atom is 0.331 e. The van der Waals surface area contributed by atoms with E-state index in [4.69, 9.17) is 10.5 Å². The van der Waals surface area contributed by atoms with Crippen molar-refractivity contribution in [1.29, 1.82) is 0 Å². The topological polar surface area (TPSA) is 61.5 Å². The van der Waals surface area contributed by atoms with Gasteiger partial charge in [0.1, 0.15) is 6.61 Å². The zero-order valence-electron chi connectivity index (χ0n) is 10.5. The summed E-state index contributed by atoms with van der Waals surface area (Å²) in [6.07, 6.45) is 0. The lowest BCUT2D eigenvalue weighted by Gasteiger charge is -2.15. The summed E-state index contributed by atoms with van der Waals surface area (Å²) in [7, 11) is 1.33. The third-order valence-corrected chi connectivity index (χ3v) is 2.57. The van der Waals surface area contributed by atoms with Crippen LogP contribution in [0.15, 0.2) is 18.2 Å². The van der Waals surface area contributed by atoms with Crippen molar-refractivity contribution in [2.45, 2.75) is 19.9 Å².